The molecular formula is C20H30N4O5. The molecule has 3 heterocycles. The monoisotopic (exact) mass is 406 g/mol. The van der Waals surface area contributed by atoms with Crippen LogP contribution in [0.25, 0.3) is 5.52 Å². The molecule has 160 valence electrons. The maximum atomic E-state index is 12.4. The summed E-state index contributed by atoms with van der Waals surface area (Å²) in [6, 6.07) is 3.45. The van der Waals surface area contributed by atoms with Gasteiger partial charge < -0.3 is 25.4 Å². The van der Waals surface area contributed by atoms with Gasteiger partial charge in [0.2, 0.25) is 0 Å². The number of esters is 1. The Kier molecular flexibility index (Phi) is 6.40. The molecule has 0 aromatic carbocycles. The minimum atomic E-state index is -1.25. The predicted molar refractivity (Wildman–Crippen MR) is 106 cm³/mol. The van der Waals surface area contributed by atoms with Crippen LogP contribution in [0.15, 0.2) is 18.5 Å². The lowest BCUT2D eigenvalue weighted by molar-refractivity contribution is -0.157. The lowest BCUT2D eigenvalue weighted by Crippen LogP contribution is -2.39. The Morgan fingerprint density at radius 3 is 2.69 bits per heavy atom. The number of nitrogen functional groups attached to an aromatic ring is 1. The Hall–Kier alpha value is -2.23. The van der Waals surface area contributed by atoms with E-state index >= 15 is 0 Å². The number of fused-ring (bicyclic) bond motifs is 1. The minimum Gasteiger partial charge on any atom is -0.463 e. The van der Waals surface area contributed by atoms with Crippen molar-refractivity contribution in [2.75, 3.05) is 12.3 Å². The smallest absolute Gasteiger partial charge is 0.309 e. The van der Waals surface area contributed by atoms with Gasteiger partial charge in [0.05, 0.1) is 11.6 Å². The van der Waals surface area contributed by atoms with Crippen molar-refractivity contribution >= 4 is 17.3 Å². The fourth-order valence-electron chi connectivity index (χ4n) is 4.02. The van der Waals surface area contributed by atoms with Crippen molar-refractivity contribution in [3.8, 4) is 0 Å². The van der Waals surface area contributed by atoms with Crippen LogP contribution in [0.1, 0.15) is 52.1 Å². The zero-order valence-corrected chi connectivity index (χ0v) is 17.1. The molecule has 1 aliphatic rings. The summed E-state index contributed by atoms with van der Waals surface area (Å²) in [5, 5.41) is 25.5. The lowest BCUT2D eigenvalue weighted by atomic mass is 9.93. The number of hydrogen-bond donors (Lipinski definition) is 3. The van der Waals surface area contributed by atoms with Crippen LogP contribution in [0, 0.1) is 5.92 Å². The number of aliphatic hydroxyl groups excluding tert-OH is 2. The number of aromatic nitrogens is 3. The Balaban J connectivity index is 1.75. The summed E-state index contributed by atoms with van der Waals surface area (Å²) in [5.41, 5.74) is 5.72. The molecule has 0 bridgehead atoms. The number of aliphatic hydroxyl groups is 2. The van der Waals surface area contributed by atoms with Crippen molar-refractivity contribution in [3.63, 3.8) is 0 Å². The first-order valence-electron chi connectivity index (χ1n) is 10.1. The van der Waals surface area contributed by atoms with E-state index in [4.69, 9.17) is 15.2 Å². The van der Waals surface area contributed by atoms with Crippen LogP contribution in [0.4, 0.5) is 5.82 Å². The summed E-state index contributed by atoms with van der Waals surface area (Å²) in [5.74, 6) is -0.151. The molecule has 3 rings (SSSR count). The molecule has 0 spiro atoms. The van der Waals surface area contributed by atoms with Crippen molar-refractivity contribution in [2.24, 2.45) is 5.92 Å². The van der Waals surface area contributed by atoms with E-state index in [-0.39, 0.29) is 18.5 Å². The van der Waals surface area contributed by atoms with Crippen LogP contribution in [-0.2, 0) is 19.9 Å². The first-order valence-corrected chi connectivity index (χ1v) is 10.1. The lowest BCUT2D eigenvalue weighted by Gasteiger charge is -2.27. The number of ether oxygens (including phenoxy) is 2. The normalized spacial score (nSPS) is 27.0. The molecule has 1 saturated heterocycles. The third kappa shape index (κ3) is 3.94. The topological polar surface area (TPSA) is 132 Å². The van der Waals surface area contributed by atoms with Crippen molar-refractivity contribution < 1.29 is 24.5 Å². The molecule has 29 heavy (non-hydrogen) atoms. The number of nitrogens with zero attached hydrogens (tertiary/aromatic N) is 3. The van der Waals surface area contributed by atoms with Gasteiger partial charge in [-0.15, -0.1) is 0 Å². The fraction of sp³-hybridized carbons (Fsp3) is 0.650. The quantitative estimate of drug-likeness (QED) is 0.561. The minimum absolute atomic E-state index is 0.128. The molecule has 4 N–H and O–H groups in total. The fourth-order valence-corrected chi connectivity index (χ4v) is 4.02. The highest BCUT2D eigenvalue weighted by molar-refractivity contribution is 5.72. The van der Waals surface area contributed by atoms with Crippen molar-refractivity contribution in [1.29, 1.82) is 0 Å². The summed E-state index contributed by atoms with van der Waals surface area (Å²) >= 11 is 0. The van der Waals surface area contributed by atoms with Gasteiger partial charge in [0.25, 0.3) is 0 Å². The third-order valence-electron chi connectivity index (χ3n) is 5.65. The first-order chi connectivity index (χ1) is 13.8. The predicted octanol–water partition coefficient (Wildman–Crippen LogP) is 1.41. The Morgan fingerprint density at radius 2 is 2.03 bits per heavy atom. The molecule has 0 radical (unpaired) electrons. The zero-order chi connectivity index (χ0) is 21.2. The van der Waals surface area contributed by atoms with Crippen molar-refractivity contribution in [2.45, 2.75) is 70.4 Å². The van der Waals surface area contributed by atoms with E-state index in [0.29, 0.717) is 17.0 Å². The molecule has 0 aliphatic carbocycles. The third-order valence-corrected chi connectivity index (χ3v) is 5.65. The van der Waals surface area contributed by atoms with E-state index in [1.54, 1.807) is 19.1 Å². The van der Waals surface area contributed by atoms with Gasteiger partial charge in [-0.3, -0.25) is 4.79 Å². The molecular weight excluding hydrogens is 376 g/mol. The maximum Gasteiger partial charge on any atom is 0.309 e. The Bertz CT molecular complexity index is 851. The van der Waals surface area contributed by atoms with Crippen LogP contribution >= 0.6 is 0 Å². The number of carbonyl (C=O) groups excluding carboxylic acids is 1. The Morgan fingerprint density at radius 1 is 1.34 bits per heavy atom. The molecule has 0 amide bonds. The molecule has 4 atom stereocenters. The van der Waals surface area contributed by atoms with Gasteiger partial charge >= 0.3 is 5.97 Å². The van der Waals surface area contributed by atoms with Gasteiger partial charge in [-0.1, -0.05) is 26.7 Å². The highest BCUT2D eigenvalue weighted by Crippen LogP contribution is 2.40. The number of carbonyl (C=O) groups is 1. The van der Waals surface area contributed by atoms with E-state index in [1.807, 2.05) is 13.8 Å². The van der Waals surface area contributed by atoms with Crippen LogP contribution in [0.2, 0.25) is 0 Å². The molecule has 9 nitrogen and oxygen atoms in total. The summed E-state index contributed by atoms with van der Waals surface area (Å²) in [6.07, 6.45) is 1.32. The molecule has 1 aliphatic heterocycles. The number of hydrogen-bond acceptors (Lipinski definition) is 8. The second-order valence-corrected chi connectivity index (χ2v) is 7.76. The summed E-state index contributed by atoms with van der Waals surface area (Å²) in [7, 11) is 0. The highest BCUT2D eigenvalue weighted by atomic mass is 16.6. The standard InChI is InChI=1S/C20H30N4O5/c1-4-6-12(7-5-2)19(27)28-10-14-16(25)17(26)20(3,29-14)15-9-8-13-18(21)22-11-23-24(13)15/h8-9,11-12,14,16-17,25-26H,4-7,10H2,1-3H3,(H2,21,22,23)/t14-,16-,17-,20+/m1/s1. The van der Waals surface area contributed by atoms with E-state index in [1.165, 1.54) is 10.8 Å². The second kappa shape index (κ2) is 8.64. The van der Waals surface area contributed by atoms with Crippen LogP contribution in [0.5, 0.6) is 0 Å². The van der Waals surface area contributed by atoms with Crippen molar-refractivity contribution in [3.05, 3.63) is 24.2 Å². The highest BCUT2D eigenvalue weighted by Gasteiger charge is 2.54. The van der Waals surface area contributed by atoms with Crippen LogP contribution < -0.4 is 5.73 Å². The summed E-state index contributed by atoms with van der Waals surface area (Å²) in [6.45, 7) is 5.59. The van der Waals surface area contributed by atoms with Crippen LogP contribution in [-0.4, -0.2) is 55.7 Å². The average Bonchev–Trinajstić information content (AvgIpc) is 3.23. The van der Waals surface area contributed by atoms with E-state index in [2.05, 4.69) is 10.1 Å². The molecule has 1 fully saturated rings. The summed E-state index contributed by atoms with van der Waals surface area (Å²) in [4.78, 5) is 16.4. The Labute approximate surface area is 169 Å². The average molecular weight is 406 g/mol. The van der Waals surface area contributed by atoms with Gasteiger partial charge in [-0.05, 0) is 31.9 Å². The van der Waals surface area contributed by atoms with Gasteiger partial charge in [0.15, 0.2) is 5.82 Å². The maximum absolute atomic E-state index is 12.4. The van der Waals surface area contributed by atoms with Gasteiger partial charge in [0.1, 0.15) is 42.4 Å². The van der Waals surface area contributed by atoms with Gasteiger partial charge in [-0.25, -0.2) is 9.50 Å². The number of rotatable bonds is 8. The van der Waals surface area contributed by atoms with E-state index < -0.39 is 23.9 Å². The SMILES string of the molecule is CCCC(CCC)C(=O)OC[C@H]1O[C@@](C)(c2ccc3c(N)ncnn23)[C@H](O)[C@@H]1O. The molecule has 0 unspecified atom stereocenters. The van der Waals surface area contributed by atoms with Crippen molar-refractivity contribution in [1.82, 2.24) is 14.6 Å². The molecule has 9 heteroatoms. The van der Waals surface area contributed by atoms with Gasteiger partial charge in [0, 0.05) is 0 Å². The molecule has 2 aromatic heterocycles. The number of nitrogens with two attached hydrogens (primary N) is 1. The molecule has 2 aromatic rings. The van der Waals surface area contributed by atoms with E-state index in [0.717, 1.165) is 25.7 Å². The molecule has 0 saturated carbocycles. The van der Waals surface area contributed by atoms with Gasteiger partial charge in [-0.2, -0.15) is 5.10 Å². The largest absolute Gasteiger partial charge is 0.463 e. The first kappa shape index (κ1) is 21.5. The number of anilines is 1. The summed E-state index contributed by atoms with van der Waals surface area (Å²) < 4.78 is 13.0. The zero-order valence-electron chi connectivity index (χ0n) is 17.1. The second-order valence-electron chi connectivity index (χ2n) is 7.76. The van der Waals surface area contributed by atoms with Crippen LogP contribution in [0.3, 0.4) is 0 Å². The van der Waals surface area contributed by atoms with E-state index in [9.17, 15) is 15.0 Å².